The molecule has 0 bridgehead atoms. The quantitative estimate of drug-likeness (QED) is 0.195. The lowest BCUT2D eigenvalue weighted by Gasteiger charge is -2.32. The number of nitrogens with zero attached hydrogens (tertiary/aromatic N) is 1. The van der Waals surface area contributed by atoms with Crippen LogP contribution in [0.25, 0.3) is 0 Å². The van der Waals surface area contributed by atoms with Crippen molar-refractivity contribution in [3.63, 3.8) is 0 Å². The summed E-state index contributed by atoms with van der Waals surface area (Å²) in [5, 5.41) is 3.94. The van der Waals surface area contributed by atoms with Crippen LogP contribution in [0.5, 0.6) is 5.75 Å². The first-order chi connectivity index (χ1) is 18.7. The van der Waals surface area contributed by atoms with E-state index in [2.05, 4.69) is 42.0 Å². The van der Waals surface area contributed by atoms with Crippen LogP contribution in [0.4, 0.5) is 0 Å². The minimum Gasteiger partial charge on any atom is -0.483 e. The van der Waals surface area contributed by atoms with E-state index in [0.29, 0.717) is 40.2 Å². The molecule has 3 aromatic carbocycles. The van der Waals surface area contributed by atoms with Gasteiger partial charge in [-0.15, -0.1) is 0 Å². The van der Waals surface area contributed by atoms with Crippen molar-refractivity contribution in [2.24, 2.45) is 0 Å². The maximum Gasteiger partial charge on any atom is 0.261 e. The van der Waals surface area contributed by atoms with Gasteiger partial charge in [0.25, 0.3) is 5.91 Å². The number of nitrogens with one attached hydrogen (secondary N) is 1. The van der Waals surface area contributed by atoms with Crippen molar-refractivity contribution < 1.29 is 14.3 Å². The zero-order valence-corrected chi connectivity index (χ0v) is 25.7. The monoisotopic (exact) mass is 632 g/mol. The molecule has 1 N–H and O–H groups in total. The number of hydrogen-bond acceptors (Lipinski definition) is 3. The van der Waals surface area contributed by atoms with Gasteiger partial charge in [-0.1, -0.05) is 92.9 Å². The number of carbonyl (C=O) groups is 2. The van der Waals surface area contributed by atoms with Crippen molar-refractivity contribution in [1.29, 1.82) is 0 Å². The molecule has 1 atom stereocenters. The van der Waals surface area contributed by atoms with Gasteiger partial charge in [0.15, 0.2) is 6.61 Å². The highest BCUT2D eigenvalue weighted by Gasteiger charge is 2.31. The summed E-state index contributed by atoms with van der Waals surface area (Å²) in [5.74, 6) is 0.381. The number of carbonyl (C=O) groups excluding carboxylic acids is 2. The molecule has 0 saturated carbocycles. The molecule has 8 heteroatoms. The highest BCUT2D eigenvalue weighted by atomic mass is 79.9. The Morgan fingerprint density at radius 1 is 1.03 bits per heavy atom. The van der Waals surface area contributed by atoms with Crippen LogP contribution in [0, 0.1) is 0 Å². The van der Waals surface area contributed by atoms with Crippen molar-refractivity contribution in [2.45, 2.75) is 58.5 Å². The molecular formula is C31H35BrCl2N2O3. The van der Waals surface area contributed by atoms with E-state index in [1.54, 1.807) is 23.1 Å². The van der Waals surface area contributed by atoms with Gasteiger partial charge in [0.1, 0.15) is 11.8 Å². The number of hydrogen-bond donors (Lipinski definition) is 1. The first-order valence-electron chi connectivity index (χ1n) is 13.2. The Labute approximate surface area is 250 Å². The van der Waals surface area contributed by atoms with E-state index >= 15 is 0 Å². The summed E-state index contributed by atoms with van der Waals surface area (Å²) >= 11 is 16.2. The van der Waals surface area contributed by atoms with Gasteiger partial charge in [0.05, 0.1) is 4.47 Å². The molecule has 0 aliphatic carbocycles. The molecule has 0 aliphatic rings. The van der Waals surface area contributed by atoms with E-state index in [1.807, 2.05) is 48.5 Å². The van der Waals surface area contributed by atoms with Gasteiger partial charge in [-0.2, -0.15) is 0 Å². The number of unbranched alkanes of at least 4 members (excludes halogenated alkanes) is 1. The lowest BCUT2D eigenvalue weighted by Crippen LogP contribution is -2.51. The predicted molar refractivity (Wildman–Crippen MR) is 163 cm³/mol. The van der Waals surface area contributed by atoms with Crippen molar-refractivity contribution in [1.82, 2.24) is 10.2 Å². The molecule has 0 aromatic heterocycles. The molecule has 5 nitrogen and oxygen atoms in total. The molecule has 39 heavy (non-hydrogen) atoms. The number of ether oxygens (including phenoxy) is 1. The van der Waals surface area contributed by atoms with Crippen LogP contribution < -0.4 is 10.1 Å². The molecular weight excluding hydrogens is 599 g/mol. The molecule has 3 rings (SSSR count). The molecule has 0 fully saturated rings. The predicted octanol–water partition coefficient (Wildman–Crippen LogP) is 7.81. The minimum atomic E-state index is -0.765. The molecule has 0 aliphatic heterocycles. The second-order valence-corrected chi connectivity index (χ2v) is 11.4. The maximum absolute atomic E-state index is 13.8. The topological polar surface area (TPSA) is 58.6 Å². The third-order valence-corrected chi connectivity index (χ3v) is 7.64. The van der Waals surface area contributed by atoms with E-state index in [4.69, 9.17) is 27.9 Å². The smallest absolute Gasteiger partial charge is 0.261 e. The second kappa shape index (κ2) is 15.3. The summed E-state index contributed by atoms with van der Waals surface area (Å²) < 4.78 is 6.73. The van der Waals surface area contributed by atoms with Crippen molar-refractivity contribution in [3.8, 4) is 5.75 Å². The van der Waals surface area contributed by atoms with Crippen molar-refractivity contribution >= 4 is 50.9 Å². The van der Waals surface area contributed by atoms with Crippen molar-refractivity contribution in [2.75, 3.05) is 13.2 Å². The summed E-state index contributed by atoms with van der Waals surface area (Å²) in [6.07, 6.45) is 2.15. The van der Waals surface area contributed by atoms with Crippen molar-refractivity contribution in [3.05, 3.63) is 97.9 Å². The Kier molecular flexibility index (Phi) is 12.2. The summed E-state index contributed by atoms with van der Waals surface area (Å²) in [5.41, 5.74) is 2.80. The Morgan fingerprint density at radius 2 is 1.77 bits per heavy atom. The van der Waals surface area contributed by atoms with Crippen LogP contribution in [0.1, 0.15) is 56.2 Å². The molecule has 0 unspecified atom stereocenters. The highest BCUT2D eigenvalue weighted by molar-refractivity contribution is 9.10. The van der Waals surface area contributed by atoms with Crippen LogP contribution >= 0.6 is 39.1 Å². The van der Waals surface area contributed by atoms with Gasteiger partial charge in [-0.25, -0.2) is 0 Å². The summed E-state index contributed by atoms with van der Waals surface area (Å²) in [6, 6.07) is 19.9. The van der Waals surface area contributed by atoms with Crippen LogP contribution in [-0.4, -0.2) is 35.9 Å². The van der Waals surface area contributed by atoms with Gasteiger partial charge >= 0.3 is 0 Å². The fraction of sp³-hybridized carbons (Fsp3) is 0.355. The Balaban J connectivity index is 1.92. The first kappa shape index (κ1) is 31.0. The molecule has 3 aromatic rings. The molecule has 0 radical (unpaired) electrons. The fourth-order valence-electron chi connectivity index (χ4n) is 4.11. The van der Waals surface area contributed by atoms with E-state index in [1.165, 1.54) is 0 Å². The van der Waals surface area contributed by atoms with E-state index < -0.39 is 6.04 Å². The standard InChI is InChI=1S/C31H35BrCl2N2O3/c1-4-5-15-35-31(38)28(16-22-9-7-6-8-10-22)36(19-24-11-13-25(33)18-27(24)34)30(37)20-39-29-14-12-23(21(2)3)17-26(29)32/h6-14,17-18,21,28H,4-5,15-16,19-20H2,1-3H3,(H,35,38)/t28-/m0/s1. The van der Waals surface area contributed by atoms with Gasteiger partial charge in [-0.3, -0.25) is 9.59 Å². The van der Waals surface area contributed by atoms with Gasteiger partial charge in [-0.05, 0) is 69.2 Å². The highest BCUT2D eigenvalue weighted by Crippen LogP contribution is 2.29. The SMILES string of the molecule is CCCCNC(=O)[C@H](Cc1ccccc1)N(Cc1ccc(Cl)cc1Cl)C(=O)COc1ccc(C(C)C)cc1Br. The lowest BCUT2D eigenvalue weighted by atomic mass is 10.0. The van der Waals surface area contributed by atoms with E-state index in [9.17, 15) is 9.59 Å². The molecule has 208 valence electrons. The Bertz CT molecular complexity index is 1250. The first-order valence-corrected chi connectivity index (χ1v) is 14.7. The largest absolute Gasteiger partial charge is 0.483 e. The Hall–Kier alpha value is -2.54. The van der Waals surface area contributed by atoms with Gasteiger partial charge in [0.2, 0.25) is 5.91 Å². The Morgan fingerprint density at radius 3 is 2.41 bits per heavy atom. The normalized spacial score (nSPS) is 11.8. The number of halogens is 3. The average molecular weight is 634 g/mol. The van der Waals surface area contributed by atoms with Crippen LogP contribution in [0.2, 0.25) is 10.0 Å². The van der Waals surface area contributed by atoms with Crippen LogP contribution in [0.15, 0.2) is 71.2 Å². The third kappa shape index (κ3) is 9.26. The lowest BCUT2D eigenvalue weighted by molar-refractivity contribution is -0.142. The van der Waals surface area contributed by atoms with Crippen LogP contribution in [0.3, 0.4) is 0 Å². The summed E-state index contributed by atoms with van der Waals surface area (Å²) in [4.78, 5) is 28.9. The minimum absolute atomic E-state index is 0.129. The average Bonchev–Trinajstić information content (AvgIpc) is 2.91. The van der Waals surface area contributed by atoms with Gasteiger partial charge in [0, 0.05) is 29.6 Å². The van der Waals surface area contributed by atoms with E-state index in [-0.39, 0.29) is 25.0 Å². The second-order valence-electron chi connectivity index (χ2n) is 9.74. The molecule has 0 spiro atoms. The van der Waals surface area contributed by atoms with Gasteiger partial charge < -0.3 is 15.0 Å². The third-order valence-electron chi connectivity index (χ3n) is 6.43. The maximum atomic E-state index is 13.8. The molecule has 0 saturated heterocycles. The number of rotatable bonds is 13. The number of amides is 2. The molecule has 0 heterocycles. The zero-order valence-electron chi connectivity index (χ0n) is 22.6. The van der Waals surface area contributed by atoms with E-state index in [0.717, 1.165) is 28.4 Å². The summed E-state index contributed by atoms with van der Waals surface area (Å²) in [7, 11) is 0. The summed E-state index contributed by atoms with van der Waals surface area (Å²) in [6.45, 7) is 6.72. The number of benzene rings is 3. The van der Waals surface area contributed by atoms with Crippen LogP contribution in [-0.2, 0) is 22.6 Å². The zero-order chi connectivity index (χ0) is 28.4. The molecule has 2 amide bonds. The fourth-order valence-corrected chi connectivity index (χ4v) is 5.09.